The third-order valence-corrected chi connectivity index (χ3v) is 14.4. The molecule has 4 aliphatic rings. The summed E-state index contributed by atoms with van der Waals surface area (Å²) in [5.74, 6) is -4.47. The largest absolute Gasteiger partial charge is 0.504 e. The van der Waals surface area contributed by atoms with E-state index in [1.807, 2.05) is 45.0 Å². The predicted molar refractivity (Wildman–Crippen MR) is 212 cm³/mol. The van der Waals surface area contributed by atoms with Gasteiger partial charge in [-0.05, 0) is 104 Å². The normalized spacial score (nSPS) is 26.1. The number of amides is 4. The van der Waals surface area contributed by atoms with Gasteiger partial charge in [-0.25, -0.2) is 9.80 Å². The summed E-state index contributed by atoms with van der Waals surface area (Å²) >= 11 is 14.3. The lowest BCUT2D eigenvalue weighted by molar-refractivity contribution is -0.131. The van der Waals surface area contributed by atoms with Gasteiger partial charge in [-0.1, -0.05) is 47.0 Å². The van der Waals surface area contributed by atoms with Gasteiger partial charge in [0.15, 0.2) is 11.5 Å². The van der Waals surface area contributed by atoms with E-state index in [1.54, 1.807) is 65.5 Å². The number of aromatic nitrogens is 2. The number of carbonyl (C=O) groups excluding carboxylic acids is 4. The number of halogens is 2. The highest BCUT2D eigenvalue weighted by atomic mass is 35.5. The molecule has 4 amide bonds. The molecule has 4 heterocycles. The monoisotopic (exact) mass is 794 g/mol. The van der Waals surface area contributed by atoms with Crippen molar-refractivity contribution in [2.75, 3.05) is 16.9 Å². The Morgan fingerprint density at radius 2 is 1.71 bits per heavy atom. The zero-order chi connectivity index (χ0) is 38.8. The van der Waals surface area contributed by atoms with Crippen LogP contribution in [0.1, 0.15) is 42.4 Å². The number of aromatic hydroxyl groups is 1. The minimum absolute atomic E-state index is 0.115. The number of rotatable bonds is 5. The number of carbonyl (C=O) groups is 4. The van der Waals surface area contributed by atoms with E-state index in [-0.39, 0.29) is 36.2 Å². The lowest BCUT2D eigenvalue weighted by Crippen LogP contribution is -2.48. The van der Waals surface area contributed by atoms with E-state index in [9.17, 15) is 19.5 Å². The summed E-state index contributed by atoms with van der Waals surface area (Å²) < 4.78 is 7.95. The Labute approximate surface area is 330 Å². The molecule has 9 rings (SSSR count). The average Bonchev–Trinajstić information content (AvgIpc) is 3.82. The van der Waals surface area contributed by atoms with Crippen LogP contribution in [0.2, 0.25) is 10.0 Å². The number of phenolic OH excluding ortho intramolecular Hbond substituents is 1. The highest BCUT2D eigenvalue weighted by Crippen LogP contribution is 2.64. The number of hydrogen-bond acceptors (Lipinski definition) is 8. The number of allylic oxidation sites excluding steroid dienone is 2. The number of benzene rings is 3. The maximum Gasteiger partial charge on any atom is 0.242 e. The first-order valence-electron chi connectivity index (χ1n) is 18.1. The number of nitrogens with zero attached hydrogens (tertiary/aromatic N) is 4. The summed E-state index contributed by atoms with van der Waals surface area (Å²) in [5.41, 5.74) is 2.94. The minimum Gasteiger partial charge on any atom is -0.504 e. The smallest absolute Gasteiger partial charge is 0.242 e. The van der Waals surface area contributed by atoms with Gasteiger partial charge in [0.05, 0.1) is 40.8 Å². The van der Waals surface area contributed by atoms with Crippen LogP contribution in [0.5, 0.6) is 11.5 Å². The minimum atomic E-state index is -1.31. The highest BCUT2D eigenvalue weighted by molar-refractivity contribution is 7.22. The van der Waals surface area contributed by atoms with E-state index in [0.717, 1.165) is 31.7 Å². The molecule has 2 saturated heterocycles. The molecule has 0 radical (unpaired) electrons. The SMILES string of the molecule is COc1ccc(C2C3=CCC4C(=O)N(c5ccc(C)c(Cl)c5)C(=O)C4C3CC3C(=O)N(c4cc(-c5sc6ccc(Cl)cc6c5C)nn4C)C(=O)C32C)cc1O. The summed E-state index contributed by atoms with van der Waals surface area (Å²) in [6.07, 6.45) is 2.45. The summed E-state index contributed by atoms with van der Waals surface area (Å²) in [4.78, 5) is 61.9. The average molecular weight is 796 g/mol. The number of anilines is 2. The van der Waals surface area contributed by atoms with Gasteiger partial charge in [-0.3, -0.25) is 23.9 Å². The molecule has 10 nitrogen and oxygen atoms in total. The molecule has 0 spiro atoms. The second-order valence-corrected chi connectivity index (χ2v) is 17.1. The molecule has 3 aromatic carbocycles. The number of aryl methyl sites for hydroxylation is 3. The van der Waals surface area contributed by atoms with Crippen molar-refractivity contribution < 1.29 is 29.0 Å². The van der Waals surface area contributed by atoms with Crippen LogP contribution in [0.25, 0.3) is 20.7 Å². The van der Waals surface area contributed by atoms with E-state index in [1.165, 1.54) is 16.9 Å². The number of ether oxygens (including phenoxy) is 1. The molecule has 0 bridgehead atoms. The quantitative estimate of drug-likeness (QED) is 0.140. The maximum absolute atomic E-state index is 15.1. The fourth-order valence-corrected chi connectivity index (χ4v) is 11.2. The fourth-order valence-electron chi connectivity index (χ4n) is 9.69. The molecular formula is C42H36Cl2N4O6S. The van der Waals surface area contributed by atoms with Crippen molar-refractivity contribution >= 4 is 79.8 Å². The molecule has 55 heavy (non-hydrogen) atoms. The van der Waals surface area contributed by atoms with Gasteiger partial charge in [0.25, 0.3) is 0 Å². The number of methoxy groups -OCH3 is 1. The molecule has 6 atom stereocenters. The van der Waals surface area contributed by atoms with Gasteiger partial charge < -0.3 is 9.84 Å². The van der Waals surface area contributed by atoms with Gasteiger partial charge in [-0.15, -0.1) is 11.3 Å². The molecular weight excluding hydrogens is 759 g/mol. The Bertz CT molecular complexity index is 2580. The number of thiophene rings is 1. The number of fused-ring (bicyclic) bond motifs is 5. The first-order valence-corrected chi connectivity index (χ1v) is 19.6. The van der Waals surface area contributed by atoms with Crippen LogP contribution >= 0.6 is 34.5 Å². The molecule has 2 aromatic heterocycles. The van der Waals surface area contributed by atoms with Crippen molar-refractivity contribution in [3.8, 4) is 22.1 Å². The second-order valence-electron chi connectivity index (χ2n) is 15.2. The van der Waals surface area contributed by atoms with Gasteiger partial charge in [0.1, 0.15) is 11.5 Å². The van der Waals surface area contributed by atoms with E-state index < -0.39 is 46.8 Å². The summed E-state index contributed by atoms with van der Waals surface area (Å²) in [5, 5.41) is 17.9. The van der Waals surface area contributed by atoms with Crippen molar-refractivity contribution in [1.82, 2.24) is 9.78 Å². The van der Waals surface area contributed by atoms with Crippen molar-refractivity contribution in [3.05, 3.63) is 99.0 Å². The van der Waals surface area contributed by atoms with Crippen LogP contribution in [0, 0.1) is 42.9 Å². The number of phenols is 1. The van der Waals surface area contributed by atoms with Crippen LogP contribution in [-0.4, -0.2) is 45.6 Å². The molecule has 13 heteroatoms. The number of hydrogen-bond donors (Lipinski definition) is 1. The van der Waals surface area contributed by atoms with Crippen LogP contribution in [0.3, 0.4) is 0 Å². The molecule has 2 aliphatic carbocycles. The van der Waals surface area contributed by atoms with Gasteiger partial charge >= 0.3 is 0 Å². The van der Waals surface area contributed by atoms with Crippen LogP contribution in [0.4, 0.5) is 11.5 Å². The van der Waals surface area contributed by atoms with E-state index in [4.69, 9.17) is 33.0 Å². The van der Waals surface area contributed by atoms with Crippen molar-refractivity contribution in [2.24, 2.45) is 36.1 Å². The third kappa shape index (κ3) is 5.02. The Hall–Kier alpha value is -4.97. The maximum atomic E-state index is 15.1. The zero-order valence-corrected chi connectivity index (χ0v) is 32.9. The van der Waals surface area contributed by atoms with Crippen LogP contribution in [0.15, 0.2) is 72.3 Å². The Morgan fingerprint density at radius 1 is 0.927 bits per heavy atom. The summed E-state index contributed by atoms with van der Waals surface area (Å²) in [6, 6.07) is 17.6. The molecule has 3 fully saturated rings. The summed E-state index contributed by atoms with van der Waals surface area (Å²) in [6.45, 7) is 5.66. The van der Waals surface area contributed by atoms with E-state index >= 15 is 4.79 Å². The van der Waals surface area contributed by atoms with E-state index in [2.05, 4.69) is 0 Å². The highest BCUT2D eigenvalue weighted by Gasteiger charge is 2.68. The lowest BCUT2D eigenvalue weighted by atomic mass is 9.51. The first kappa shape index (κ1) is 35.7. The van der Waals surface area contributed by atoms with Gasteiger partial charge in [0, 0.05) is 33.8 Å². The third-order valence-electron chi connectivity index (χ3n) is 12.4. The van der Waals surface area contributed by atoms with Crippen LogP contribution < -0.4 is 14.5 Å². The second kappa shape index (κ2) is 12.5. The topological polar surface area (TPSA) is 122 Å². The predicted octanol–water partition coefficient (Wildman–Crippen LogP) is 8.37. The molecule has 1 N–H and O–H groups in total. The zero-order valence-electron chi connectivity index (χ0n) is 30.6. The first-order chi connectivity index (χ1) is 26.2. The van der Waals surface area contributed by atoms with Gasteiger partial charge in [0.2, 0.25) is 23.6 Å². The Kier molecular flexibility index (Phi) is 8.13. The van der Waals surface area contributed by atoms with Crippen molar-refractivity contribution in [3.63, 3.8) is 0 Å². The van der Waals surface area contributed by atoms with Gasteiger partial charge in [-0.2, -0.15) is 5.10 Å². The Balaban J connectivity index is 1.15. The van der Waals surface area contributed by atoms with E-state index in [0.29, 0.717) is 32.8 Å². The molecule has 2 aliphatic heterocycles. The van der Waals surface area contributed by atoms with Crippen molar-refractivity contribution in [1.29, 1.82) is 0 Å². The molecule has 1 saturated carbocycles. The fraction of sp³-hybridized carbons (Fsp3) is 0.310. The van der Waals surface area contributed by atoms with Crippen molar-refractivity contribution in [2.45, 2.75) is 39.5 Å². The Morgan fingerprint density at radius 3 is 2.44 bits per heavy atom. The lowest BCUT2D eigenvalue weighted by Gasteiger charge is -2.49. The number of imide groups is 2. The van der Waals surface area contributed by atoms with Crippen LogP contribution in [-0.2, 0) is 26.2 Å². The molecule has 5 aromatic rings. The summed E-state index contributed by atoms with van der Waals surface area (Å²) in [7, 11) is 3.17. The molecule has 280 valence electrons. The standard InChI is InChI=1S/C42H36Cl2N4O6S/c1-19-6-9-23(16-29(19)44)47-38(50)25-11-10-24-27(35(25)40(47)52)17-28-39(51)48(41(53)42(28,3)36(24)21-7-12-32(54-5)31(49)14-21)34-18-30(45-46(34)4)37-20(2)26-15-22(43)8-13-33(26)55-37/h6-10,12-16,18,25,27-28,35-36,49H,11,17H2,1-5H3. The molecule has 6 unspecified atom stereocenters.